The molecule has 2 aromatic carbocycles. The van der Waals surface area contributed by atoms with Gasteiger partial charge in [-0.15, -0.1) is 0 Å². The highest BCUT2D eigenvalue weighted by atomic mass is 19.1. The van der Waals surface area contributed by atoms with Crippen molar-refractivity contribution < 1.29 is 18.4 Å². The van der Waals surface area contributed by atoms with Crippen molar-refractivity contribution in [2.24, 2.45) is 0 Å². The Kier molecular flexibility index (Phi) is 6.24. The summed E-state index contributed by atoms with van der Waals surface area (Å²) in [5, 5.41) is 2.91. The molecule has 1 N–H and O–H groups in total. The summed E-state index contributed by atoms with van der Waals surface area (Å²) in [6.07, 6.45) is 0. The lowest BCUT2D eigenvalue weighted by Crippen LogP contribution is -2.42. The van der Waals surface area contributed by atoms with Crippen LogP contribution < -0.4 is 10.1 Å². The van der Waals surface area contributed by atoms with Crippen molar-refractivity contribution in [3.63, 3.8) is 0 Å². The van der Waals surface area contributed by atoms with Crippen LogP contribution in [0.5, 0.6) is 11.5 Å². The number of likely N-dealkylation sites (N-methyl/N-ethyl adjacent to an activating group) is 1. The topological polar surface area (TPSA) is 51.2 Å². The normalized spacial score (nSPS) is 11.2. The number of amides is 1. The van der Waals surface area contributed by atoms with Crippen molar-refractivity contribution in [3.8, 4) is 22.8 Å². The maximum absolute atomic E-state index is 13.0. The SMILES string of the molecule is C[N+](C)(C)CCNC(=O)c1cccc(-c2ccc(Oc3ccc(F)cc3)cc2)n1. The Hall–Kier alpha value is -3.25. The number of nitrogens with zero attached hydrogens (tertiary/aromatic N) is 2. The van der Waals surface area contributed by atoms with Gasteiger partial charge in [0.15, 0.2) is 0 Å². The third-order valence-electron chi connectivity index (χ3n) is 4.25. The Labute approximate surface area is 170 Å². The second-order valence-corrected chi connectivity index (χ2v) is 7.76. The summed E-state index contributed by atoms with van der Waals surface area (Å²) < 4.78 is 19.5. The fraction of sp³-hybridized carbons (Fsp3) is 0.217. The van der Waals surface area contributed by atoms with E-state index in [4.69, 9.17) is 4.74 Å². The maximum atomic E-state index is 13.0. The van der Waals surface area contributed by atoms with E-state index in [1.54, 1.807) is 18.2 Å². The molecule has 1 amide bonds. The summed E-state index contributed by atoms with van der Waals surface area (Å²) >= 11 is 0. The molecule has 0 fully saturated rings. The van der Waals surface area contributed by atoms with E-state index >= 15 is 0 Å². The fourth-order valence-corrected chi connectivity index (χ4v) is 2.65. The zero-order valence-corrected chi connectivity index (χ0v) is 16.9. The number of hydrogen-bond acceptors (Lipinski definition) is 3. The third kappa shape index (κ3) is 6.12. The molecule has 150 valence electrons. The summed E-state index contributed by atoms with van der Waals surface area (Å²) in [5.41, 5.74) is 1.96. The molecule has 3 aromatic rings. The number of quaternary nitrogens is 1. The molecule has 0 unspecified atom stereocenters. The van der Waals surface area contributed by atoms with Crippen molar-refractivity contribution in [1.82, 2.24) is 10.3 Å². The van der Waals surface area contributed by atoms with Crippen LogP contribution in [-0.4, -0.2) is 49.6 Å². The fourth-order valence-electron chi connectivity index (χ4n) is 2.65. The third-order valence-corrected chi connectivity index (χ3v) is 4.25. The summed E-state index contributed by atoms with van der Waals surface area (Å²) in [4.78, 5) is 16.8. The van der Waals surface area contributed by atoms with Crippen LogP contribution in [0, 0.1) is 5.82 Å². The number of aromatic nitrogens is 1. The van der Waals surface area contributed by atoms with E-state index in [-0.39, 0.29) is 11.7 Å². The van der Waals surface area contributed by atoms with Crippen LogP contribution in [-0.2, 0) is 0 Å². The van der Waals surface area contributed by atoms with Crippen molar-refractivity contribution >= 4 is 5.91 Å². The minimum Gasteiger partial charge on any atom is -0.457 e. The minimum absolute atomic E-state index is 0.184. The van der Waals surface area contributed by atoms with Gasteiger partial charge in [-0.1, -0.05) is 6.07 Å². The molecule has 5 nitrogen and oxygen atoms in total. The summed E-state index contributed by atoms with van der Waals surface area (Å²) in [5.74, 6) is 0.705. The van der Waals surface area contributed by atoms with Gasteiger partial charge in [0, 0.05) is 5.56 Å². The molecule has 1 aromatic heterocycles. The molecule has 6 heteroatoms. The zero-order valence-electron chi connectivity index (χ0n) is 16.9. The molecule has 0 atom stereocenters. The van der Waals surface area contributed by atoms with Crippen molar-refractivity contribution in [2.45, 2.75) is 0 Å². The molecule has 0 aliphatic carbocycles. The second kappa shape index (κ2) is 8.84. The number of rotatable bonds is 7. The van der Waals surface area contributed by atoms with E-state index in [9.17, 15) is 9.18 Å². The Balaban J connectivity index is 1.66. The van der Waals surface area contributed by atoms with Gasteiger partial charge >= 0.3 is 0 Å². The van der Waals surface area contributed by atoms with Gasteiger partial charge in [0.25, 0.3) is 5.91 Å². The van der Waals surface area contributed by atoms with E-state index in [2.05, 4.69) is 31.4 Å². The number of benzene rings is 2. The molecule has 0 bridgehead atoms. The van der Waals surface area contributed by atoms with Gasteiger partial charge in [-0.25, -0.2) is 9.37 Å². The summed E-state index contributed by atoms with van der Waals surface area (Å²) in [6, 6.07) is 18.6. The first kappa shape index (κ1) is 20.5. The first-order chi connectivity index (χ1) is 13.8. The highest BCUT2D eigenvalue weighted by Gasteiger charge is 2.11. The highest BCUT2D eigenvalue weighted by molar-refractivity contribution is 5.92. The Bertz CT molecular complexity index is 965. The van der Waals surface area contributed by atoms with Crippen LogP contribution in [0.1, 0.15) is 10.5 Å². The van der Waals surface area contributed by atoms with Crippen LogP contribution >= 0.6 is 0 Å². The molecule has 0 aliphatic rings. The predicted molar refractivity (Wildman–Crippen MR) is 111 cm³/mol. The van der Waals surface area contributed by atoms with Gasteiger partial charge in [-0.2, -0.15) is 0 Å². The lowest BCUT2D eigenvalue weighted by molar-refractivity contribution is -0.869. The van der Waals surface area contributed by atoms with Crippen molar-refractivity contribution in [2.75, 3.05) is 34.2 Å². The first-order valence-corrected chi connectivity index (χ1v) is 9.40. The quantitative estimate of drug-likeness (QED) is 0.614. The standard InChI is InChI=1S/C23H24FN3O2/c1-27(2,3)16-15-25-23(28)22-6-4-5-21(26-22)17-7-11-19(12-8-17)29-20-13-9-18(24)10-14-20/h4-14H,15-16H2,1-3H3/p+1. The van der Waals surface area contributed by atoms with Crippen LogP contribution in [0.3, 0.4) is 0 Å². The van der Waals surface area contributed by atoms with Crippen LogP contribution in [0.15, 0.2) is 66.7 Å². The van der Waals surface area contributed by atoms with E-state index in [1.807, 2.05) is 36.4 Å². The number of carbonyl (C=O) groups excluding carboxylic acids is 1. The number of carbonyl (C=O) groups is 1. The molecule has 0 saturated heterocycles. The summed E-state index contributed by atoms with van der Waals surface area (Å²) in [6.45, 7) is 1.42. The molecule has 0 aliphatic heterocycles. The number of halogens is 1. The number of hydrogen-bond donors (Lipinski definition) is 1. The zero-order chi connectivity index (χ0) is 20.9. The number of nitrogens with one attached hydrogen (secondary N) is 1. The van der Waals surface area contributed by atoms with Gasteiger partial charge in [-0.3, -0.25) is 4.79 Å². The molecular formula is C23H25FN3O2+. The van der Waals surface area contributed by atoms with Crippen LogP contribution in [0.2, 0.25) is 0 Å². The molecule has 3 rings (SSSR count). The minimum atomic E-state index is -0.305. The van der Waals surface area contributed by atoms with E-state index in [0.29, 0.717) is 29.4 Å². The van der Waals surface area contributed by atoms with E-state index < -0.39 is 0 Å². The average Bonchev–Trinajstić information content (AvgIpc) is 2.69. The Morgan fingerprint density at radius 1 is 0.966 bits per heavy atom. The lowest BCUT2D eigenvalue weighted by Gasteiger charge is -2.23. The monoisotopic (exact) mass is 394 g/mol. The number of ether oxygens (including phenoxy) is 1. The largest absolute Gasteiger partial charge is 0.457 e. The van der Waals surface area contributed by atoms with Gasteiger partial charge in [0.05, 0.1) is 39.9 Å². The smallest absolute Gasteiger partial charge is 0.270 e. The van der Waals surface area contributed by atoms with Gasteiger partial charge in [-0.05, 0) is 60.7 Å². The first-order valence-electron chi connectivity index (χ1n) is 9.40. The highest BCUT2D eigenvalue weighted by Crippen LogP contribution is 2.25. The van der Waals surface area contributed by atoms with Crippen LogP contribution in [0.25, 0.3) is 11.3 Å². The van der Waals surface area contributed by atoms with Crippen molar-refractivity contribution in [3.05, 3.63) is 78.2 Å². The van der Waals surface area contributed by atoms with Gasteiger partial charge in [0.1, 0.15) is 23.0 Å². The predicted octanol–water partition coefficient (Wildman–Crippen LogP) is 4.12. The molecule has 1 heterocycles. The lowest BCUT2D eigenvalue weighted by atomic mass is 10.1. The molecule has 29 heavy (non-hydrogen) atoms. The number of pyridine rings is 1. The Morgan fingerprint density at radius 3 is 2.21 bits per heavy atom. The summed E-state index contributed by atoms with van der Waals surface area (Å²) in [7, 11) is 6.23. The second-order valence-electron chi connectivity index (χ2n) is 7.76. The molecular weight excluding hydrogens is 369 g/mol. The van der Waals surface area contributed by atoms with E-state index in [1.165, 1.54) is 12.1 Å². The molecule has 0 radical (unpaired) electrons. The van der Waals surface area contributed by atoms with Gasteiger partial charge in [0.2, 0.25) is 0 Å². The average molecular weight is 394 g/mol. The van der Waals surface area contributed by atoms with E-state index in [0.717, 1.165) is 16.6 Å². The maximum Gasteiger partial charge on any atom is 0.270 e. The van der Waals surface area contributed by atoms with Gasteiger partial charge < -0.3 is 14.5 Å². The molecule has 0 spiro atoms. The molecule has 0 saturated carbocycles. The Morgan fingerprint density at radius 2 is 1.59 bits per heavy atom. The van der Waals surface area contributed by atoms with Crippen LogP contribution in [0.4, 0.5) is 4.39 Å². The van der Waals surface area contributed by atoms with Crippen molar-refractivity contribution in [1.29, 1.82) is 0 Å².